The van der Waals surface area contributed by atoms with Crippen molar-refractivity contribution in [1.82, 2.24) is 4.90 Å². The zero-order valence-corrected chi connectivity index (χ0v) is 15.7. The number of amides is 2. The minimum atomic E-state index is -0.412. The Labute approximate surface area is 149 Å². The van der Waals surface area contributed by atoms with E-state index in [4.69, 9.17) is 4.74 Å². The highest BCUT2D eigenvalue weighted by Gasteiger charge is 2.18. The SMILES string of the molecule is CCN(CC)C(=O)c1ccc(NC(=O)COC(=O)CC(C)(C)C)cc1. The van der Waals surface area contributed by atoms with Crippen LogP contribution in [0.15, 0.2) is 24.3 Å². The number of anilines is 1. The summed E-state index contributed by atoms with van der Waals surface area (Å²) in [4.78, 5) is 37.4. The molecule has 1 N–H and O–H groups in total. The summed E-state index contributed by atoms with van der Waals surface area (Å²) in [6.07, 6.45) is 0.252. The van der Waals surface area contributed by atoms with E-state index in [-0.39, 0.29) is 24.3 Å². The van der Waals surface area contributed by atoms with Gasteiger partial charge in [-0.1, -0.05) is 20.8 Å². The van der Waals surface area contributed by atoms with Crippen molar-refractivity contribution in [1.29, 1.82) is 0 Å². The third-order valence-electron chi connectivity index (χ3n) is 3.51. The third kappa shape index (κ3) is 7.37. The smallest absolute Gasteiger partial charge is 0.306 e. The first-order valence-corrected chi connectivity index (χ1v) is 8.51. The number of benzene rings is 1. The molecule has 1 aromatic rings. The lowest BCUT2D eigenvalue weighted by atomic mass is 9.92. The summed E-state index contributed by atoms with van der Waals surface area (Å²) < 4.78 is 4.96. The van der Waals surface area contributed by atoms with E-state index in [0.29, 0.717) is 24.3 Å². The zero-order chi connectivity index (χ0) is 19.0. The van der Waals surface area contributed by atoms with Crippen LogP contribution in [0.3, 0.4) is 0 Å². The molecule has 6 heteroatoms. The van der Waals surface area contributed by atoms with Gasteiger partial charge >= 0.3 is 5.97 Å². The molecule has 0 aromatic heterocycles. The molecule has 25 heavy (non-hydrogen) atoms. The highest BCUT2D eigenvalue weighted by Crippen LogP contribution is 2.18. The van der Waals surface area contributed by atoms with Gasteiger partial charge in [0, 0.05) is 24.3 Å². The third-order valence-corrected chi connectivity index (χ3v) is 3.51. The molecule has 0 aliphatic heterocycles. The maximum Gasteiger partial charge on any atom is 0.306 e. The fourth-order valence-electron chi connectivity index (χ4n) is 2.22. The molecular formula is C19H28N2O4. The van der Waals surface area contributed by atoms with Crippen LogP contribution in [0.1, 0.15) is 51.4 Å². The highest BCUT2D eigenvalue weighted by molar-refractivity contribution is 5.96. The summed E-state index contributed by atoms with van der Waals surface area (Å²) in [7, 11) is 0. The van der Waals surface area contributed by atoms with E-state index < -0.39 is 11.9 Å². The van der Waals surface area contributed by atoms with Crippen molar-refractivity contribution in [2.24, 2.45) is 5.41 Å². The van der Waals surface area contributed by atoms with E-state index in [1.165, 1.54) is 0 Å². The van der Waals surface area contributed by atoms with Gasteiger partial charge in [-0.25, -0.2) is 0 Å². The monoisotopic (exact) mass is 348 g/mol. The Balaban J connectivity index is 2.53. The lowest BCUT2D eigenvalue weighted by Gasteiger charge is -2.18. The van der Waals surface area contributed by atoms with Crippen LogP contribution in [0.25, 0.3) is 0 Å². The number of nitrogens with zero attached hydrogens (tertiary/aromatic N) is 1. The molecule has 0 aliphatic rings. The summed E-state index contributed by atoms with van der Waals surface area (Å²) >= 11 is 0. The standard InChI is InChI=1S/C19H28N2O4/c1-6-21(7-2)18(24)14-8-10-15(11-9-14)20-16(22)13-25-17(23)12-19(3,4)5/h8-11H,6-7,12-13H2,1-5H3,(H,20,22). The second-order valence-corrected chi connectivity index (χ2v) is 7.00. The van der Waals surface area contributed by atoms with E-state index in [1.54, 1.807) is 29.2 Å². The molecule has 0 atom stereocenters. The van der Waals surface area contributed by atoms with Crippen LogP contribution in [0.5, 0.6) is 0 Å². The number of hydrogen-bond acceptors (Lipinski definition) is 4. The number of carbonyl (C=O) groups is 3. The molecule has 0 unspecified atom stereocenters. The van der Waals surface area contributed by atoms with Crippen LogP contribution in [0.4, 0.5) is 5.69 Å². The minimum Gasteiger partial charge on any atom is -0.456 e. The lowest BCUT2D eigenvalue weighted by Crippen LogP contribution is -2.30. The van der Waals surface area contributed by atoms with Crippen LogP contribution < -0.4 is 5.32 Å². The number of esters is 1. The van der Waals surface area contributed by atoms with Crippen molar-refractivity contribution >= 4 is 23.5 Å². The fourth-order valence-corrected chi connectivity index (χ4v) is 2.22. The maximum absolute atomic E-state index is 12.2. The predicted octanol–water partition coefficient (Wildman–Crippen LogP) is 3.09. The van der Waals surface area contributed by atoms with Crippen LogP contribution in [-0.4, -0.2) is 42.4 Å². The van der Waals surface area contributed by atoms with Gasteiger partial charge < -0.3 is 15.0 Å². The zero-order valence-electron chi connectivity index (χ0n) is 15.7. The molecule has 0 heterocycles. The van der Waals surface area contributed by atoms with Crippen LogP contribution in [0.2, 0.25) is 0 Å². The predicted molar refractivity (Wildman–Crippen MR) is 97.4 cm³/mol. The van der Waals surface area contributed by atoms with Gasteiger partial charge in [-0.15, -0.1) is 0 Å². The van der Waals surface area contributed by atoms with Gasteiger partial charge in [0.05, 0.1) is 6.42 Å². The molecule has 0 aliphatic carbocycles. The van der Waals surface area contributed by atoms with E-state index in [2.05, 4.69) is 5.32 Å². The van der Waals surface area contributed by atoms with Crippen LogP contribution in [0, 0.1) is 5.41 Å². The van der Waals surface area contributed by atoms with Gasteiger partial charge in [-0.05, 0) is 43.5 Å². The molecular weight excluding hydrogens is 320 g/mol. The number of carbonyl (C=O) groups excluding carboxylic acids is 3. The Kier molecular flexibility index (Phi) is 7.61. The molecule has 2 amide bonds. The minimum absolute atomic E-state index is 0.0426. The second kappa shape index (κ2) is 9.20. The molecule has 0 spiro atoms. The number of ether oxygens (including phenoxy) is 1. The van der Waals surface area contributed by atoms with Gasteiger partial charge in [0.1, 0.15) is 0 Å². The first-order chi connectivity index (χ1) is 11.7. The van der Waals surface area contributed by atoms with Crippen LogP contribution in [-0.2, 0) is 14.3 Å². The Morgan fingerprint density at radius 2 is 1.60 bits per heavy atom. The average molecular weight is 348 g/mol. The maximum atomic E-state index is 12.2. The van der Waals surface area contributed by atoms with Gasteiger partial charge in [0.2, 0.25) is 0 Å². The molecule has 0 saturated heterocycles. The molecule has 1 aromatic carbocycles. The molecule has 1 rings (SSSR count). The van der Waals surface area contributed by atoms with Crippen molar-refractivity contribution in [2.75, 3.05) is 25.0 Å². The second-order valence-electron chi connectivity index (χ2n) is 7.00. The quantitative estimate of drug-likeness (QED) is 0.768. The summed E-state index contributed by atoms with van der Waals surface area (Å²) in [5, 5.41) is 2.64. The van der Waals surface area contributed by atoms with Gasteiger partial charge in [0.15, 0.2) is 6.61 Å². The summed E-state index contributed by atoms with van der Waals surface area (Å²) in [5.74, 6) is -0.855. The largest absolute Gasteiger partial charge is 0.456 e. The van der Waals surface area contributed by atoms with Crippen molar-refractivity contribution in [3.63, 3.8) is 0 Å². The topological polar surface area (TPSA) is 75.7 Å². The van der Waals surface area contributed by atoms with E-state index >= 15 is 0 Å². The molecule has 0 fully saturated rings. The van der Waals surface area contributed by atoms with Crippen molar-refractivity contribution in [2.45, 2.75) is 41.0 Å². The summed E-state index contributed by atoms with van der Waals surface area (Å²) in [5.41, 5.74) is 0.937. The number of rotatable bonds is 7. The lowest BCUT2D eigenvalue weighted by molar-refractivity contribution is -0.149. The first kappa shape index (κ1) is 20.7. The van der Waals surface area contributed by atoms with Crippen molar-refractivity contribution < 1.29 is 19.1 Å². The summed E-state index contributed by atoms with van der Waals surface area (Å²) in [6, 6.07) is 6.65. The number of hydrogen-bond donors (Lipinski definition) is 1. The normalized spacial score (nSPS) is 10.9. The summed E-state index contributed by atoms with van der Waals surface area (Å²) in [6.45, 7) is 10.6. The molecule has 0 radical (unpaired) electrons. The van der Waals surface area contributed by atoms with Gasteiger partial charge in [-0.2, -0.15) is 0 Å². The average Bonchev–Trinajstić information content (AvgIpc) is 2.53. The Bertz CT molecular complexity index is 599. The molecule has 138 valence electrons. The van der Waals surface area contributed by atoms with E-state index in [1.807, 2.05) is 34.6 Å². The van der Waals surface area contributed by atoms with Crippen molar-refractivity contribution in [3.05, 3.63) is 29.8 Å². The molecule has 0 bridgehead atoms. The van der Waals surface area contributed by atoms with Gasteiger partial charge in [0.25, 0.3) is 11.8 Å². The molecule has 6 nitrogen and oxygen atoms in total. The number of nitrogens with one attached hydrogen (secondary N) is 1. The fraction of sp³-hybridized carbons (Fsp3) is 0.526. The highest BCUT2D eigenvalue weighted by atomic mass is 16.5. The Morgan fingerprint density at radius 3 is 2.08 bits per heavy atom. The van der Waals surface area contributed by atoms with Gasteiger partial charge in [-0.3, -0.25) is 14.4 Å². The molecule has 0 saturated carbocycles. The Hall–Kier alpha value is -2.37. The van der Waals surface area contributed by atoms with E-state index in [0.717, 1.165) is 0 Å². The van der Waals surface area contributed by atoms with Crippen molar-refractivity contribution in [3.8, 4) is 0 Å². The van der Waals surface area contributed by atoms with E-state index in [9.17, 15) is 14.4 Å². The first-order valence-electron chi connectivity index (χ1n) is 8.51. The Morgan fingerprint density at radius 1 is 1.04 bits per heavy atom. The van der Waals surface area contributed by atoms with Crippen LogP contribution >= 0.6 is 0 Å².